The number of amides is 2. The summed E-state index contributed by atoms with van der Waals surface area (Å²) in [5.74, 6) is -2.00. The maximum atomic E-state index is 12.7. The van der Waals surface area contributed by atoms with Crippen LogP contribution in [-0.4, -0.2) is 57.0 Å². The lowest BCUT2D eigenvalue weighted by Crippen LogP contribution is -2.73. The predicted octanol–water partition coefficient (Wildman–Crippen LogP) is 1.73. The first-order valence-corrected chi connectivity index (χ1v) is 9.72. The number of halogens is 3. The number of thioether (sulfide) groups is 1. The lowest BCUT2D eigenvalue weighted by Gasteiger charge is -2.53. The van der Waals surface area contributed by atoms with E-state index in [4.69, 9.17) is 44.3 Å². The second-order valence-electron chi connectivity index (χ2n) is 6.27. The van der Waals surface area contributed by atoms with E-state index in [1.807, 2.05) is 0 Å². The van der Waals surface area contributed by atoms with Gasteiger partial charge in [-0.1, -0.05) is 46.6 Å². The number of alkyl halides is 3. The molecule has 3 atom stereocenters. The van der Waals surface area contributed by atoms with Crippen LogP contribution in [0.4, 0.5) is 0 Å². The SMILES string of the molecule is CC(=O)NC1C(=O)N2CC(C)(C(=O)OCC(Cl)(Cl)Cl)C(=COC(C)=O)S[C@H]12. The summed E-state index contributed by atoms with van der Waals surface area (Å²) >= 11 is 18.0. The van der Waals surface area contributed by atoms with Crippen LogP contribution in [0.25, 0.3) is 0 Å². The molecule has 2 aliphatic heterocycles. The van der Waals surface area contributed by atoms with E-state index < -0.39 is 39.2 Å². The number of β-lactam (4-membered cyclic amide) rings is 1. The summed E-state index contributed by atoms with van der Waals surface area (Å²) in [5, 5.41) is 2.13. The Morgan fingerprint density at radius 1 is 1.37 bits per heavy atom. The molecular formula is C15H17Cl3N2O6S. The van der Waals surface area contributed by atoms with Crippen LogP contribution in [0.15, 0.2) is 11.2 Å². The molecule has 0 radical (unpaired) electrons. The molecule has 0 aromatic carbocycles. The molecule has 2 unspecified atom stereocenters. The molecule has 2 saturated heterocycles. The third kappa shape index (κ3) is 5.01. The second kappa shape index (κ2) is 8.06. The van der Waals surface area contributed by atoms with Gasteiger partial charge in [0.05, 0.1) is 0 Å². The normalized spacial score (nSPS) is 28.9. The smallest absolute Gasteiger partial charge is 0.318 e. The molecule has 0 bridgehead atoms. The van der Waals surface area contributed by atoms with Crippen LogP contribution in [-0.2, 0) is 28.7 Å². The van der Waals surface area contributed by atoms with E-state index in [1.165, 1.54) is 25.7 Å². The molecule has 12 heteroatoms. The van der Waals surface area contributed by atoms with Gasteiger partial charge in [0.1, 0.15) is 29.7 Å². The largest absolute Gasteiger partial charge is 0.460 e. The molecule has 2 amide bonds. The Kier molecular flexibility index (Phi) is 6.61. The number of nitrogens with one attached hydrogen (secondary N) is 1. The number of esters is 2. The van der Waals surface area contributed by atoms with Crippen LogP contribution in [0.5, 0.6) is 0 Å². The lowest BCUT2D eigenvalue weighted by molar-refractivity contribution is -0.160. The zero-order valence-corrected chi connectivity index (χ0v) is 17.7. The Hall–Kier alpha value is -1.16. The zero-order chi connectivity index (χ0) is 20.6. The van der Waals surface area contributed by atoms with Crippen molar-refractivity contribution in [2.75, 3.05) is 13.2 Å². The Labute approximate surface area is 174 Å². The van der Waals surface area contributed by atoms with Crippen molar-refractivity contribution in [1.29, 1.82) is 0 Å². The highest BCUT2D eigenvalue weighted by atomic mass is 35.6. The van der Waals surface area contributed by atoms with E-state index in [2.05, 4.69) is 5.32 Å². The van der Waals surface area contributed by atoms with Crippen LogP contribution < -0.4 is 5.32 Å². The lowest BCUT2D eigenvalue weighted by atomic mass is 9.87. The molecule has 150 valence electrons. The molecule has 8 nitrogen and oxygen atoms in total. The highest BCUT2D eigenvalue weighted by Crippen LogP contribution is 2.50. The van der Waals surface area contributed by atoms with Crippen molar-refractivity contribution in [2.24, 2.45) is 5.41 Å². The number of hydrogen-bond donors (Lipinski definition) is 1. The minimum absolute atomic E-state index is 0.0363. The molecule has 1 N–H and O–H groups in total. The number of carbonyl (C=O) groups is 4. The van der Waals surface area contributed by atoms with Crippen molar-refractivity contribution in [1.82, 2.24) is 10.2 Å². The molecule has 2 heterocycles. The van der Waals surface area contributed by atoms with E-state index in [0.29, 0.717) is 4.91 Å². The van der Waals surface area contributed by atoms with Crippen molar-refractivity contribution in [3.8, 4) is 0 Å². The number of nitrogens with zero attached hydrogens (tertiary/aromatic N) is 1. The zero-order valence-electron chi connectivity index (χ0n) is 14.6. The number of rotatable bonds is 4. The van der Waals surface area contributed by atoms with E-state index >= 15 is 0 Å². The predicted molar refractivity (Wildman–Crippen MR) is 99.9 cm³/mol. The molecular weight excluding hydrogens is 443 g/mol. The Bertz CT molecular complexity index is 710. The average molecular weight is 460 g/mol. The van der Waals surface area contributed by atoms with Crippen molar-refractivity contribution < 1.29 is 28.7 Å². The third-order valence-corrected chi connectivity index (χ3v) is 5.82. The van der Waals surface area contributed by atoms with Gasteiger partial charge in [0.15, 0.2) is 0 Å². The van der Waals surface area contributed by atoms with E-state index in [0.717, 1.165) is 18.0 Å². The first kappa shape index (κ1) is 22.1. The van der Waals surface area contributed by atoms with Crippen molar-refractivity contribution in [2.45, 2.75) is 36.0 Å². The number of carbonyl (C=O) groups excluding carboxylic acids is 4. The van der Waals surface area contributed by atoms with Crippen LogP contribution >= 0.6 is 46.6 Å². The first-order chi connectivity index (χ1) is 12.3. The van der Waals surface area contributed by atoms with Gasteiger partial charge in [0.25, 0.3) is 0 Å². The fourth-order valence-corrected chi connectivity index (χ4v) is 4.18. The number of hydrogen-bond acceptors (Lipinski definition) is 7. The highest BCUT2D eigenvalue weighted by molar-refractivity contribution is 8.04. The van der Waals surface area contributed by atoms with Gasteiger partial charge in [-0.15, -0.1) is 0 Å². The van der Waals surface area contributed by atoms with Crippen molar-refractivity contribution >= 4 is 70.3 Å². The summed E-state index contributed by atoms with van der Waals surface area (Å²) in [5.41, 5.74) is -1.33. The maximum absolute atomic E-state index is 12.7. The molecule has 27 heavy (non-hydrogen) atoms. The maximum Gasteiger partial charge on any atom is 0.318 e. The fraction of sp³-hybridized carbons (Fsp3) is 0.600. The summed E-state index contributed by atoms with van der Waals surface area (Å²) in [7, 11) is 0. The average Bonchev–Trinajstić information content (AvgIpc) is 2.55. The Morgan fingerprint density at radius 3 is 2.52 bits per heavy atom. The molecule has 2 rings (SSSR count). The minimum Gasteiger partial charge on any atom is -0.460 e. The fourth-order valence-electron chi connectivity index (χ4n) is 2.62. The molecule has 0 spiro atoms. The van der Waals surface area contributed by atoms with Crippen LogP contribution in [0.3, 0.4) is 0 Å². The van der Waals surface area contributed by atoms with Gasteiger partial charge < -0.3 is 19.7 Å². The van der Waals surface area contributed by atoms with Gasteiger partial charge >= 0.3 is 11.9 Å². The standard InChI is InChI=1S/C15H17Cl3N2O6S/c1-7(21)19-10-11(23)20-5-14(3,13(24)26-6-15(16,17)18)9(27-12(10)20)4-25-8(2)22/h4,10,12H,5-6H2,1-3H3,(H,19,21)/t10?,12-,14?/m1/s1. The molecule has 0 aliphatic carbocycles. The number of ether oxygens (including phenoxy) is 2. The molecule has 0 aromatic heterocycles. The van der Waals surface area contributed by atoms with E-state index in [9.17, 15) is 19.2 Å². The summed E-state index contributed by atoms with van der Waals surface area (Å²) in [6, 6.07) is -0.727. The Morgan fingerprint density at radius 2 is 2.00 bits per heavy atom. The molecule has 0 saturated carbocycles. The van der Waals surface area contributed by atoms with Crippen LogP contribution in [0.1, 0.15) is 20.8 Å². The van der Waals surface area contributed by atoms with Gasteiger partial charge in [0.2, 0.25) is 15.6 Å². The second-order valence-corrected chi connectivity index (χ2v) is 9.94. The van der Waals surface area contributed by atoms with Crippen molar-refractivity contribution in [3.63, 3.8) is 0 Å². The van der Waals surface area contributed by atoms with Gasteiger partial charge in [-0.25, -0.2) is 0 Å². The minimum atomic E-state index is -1.79. The van der Waals surface area contributed by atoms with E-state index in [-0.39, 0.29) is 18.4 Å². The molecule has 2 aliphatic rings. The van der Waals surface area contributed by atoms with Gasteiger partial charge in [-0.05, 0) is 6.92 Å². The quantitative estimate of drug-likeness (QED) is 0.296. The van der Waals surface area contributed by atoms with Crippen LogP contribution in [0, 0.1) is 5.41 Å². The first-order valence-electron chi connectivity index (χ1n) is 7.71. The van der Waals surface area contributed by atoms with Gasteiger partial charge in [0, 0.05) is 25.3 Å². The molecule has 0 aromatic rings. The highest BCUT2D eigenvalue weighted by Gasteiger charge is 2.58. The van der Waals surface area contributed by atoms with Gasteiger partial charge in [-0.2, -0.15) is 0 Å². The third-order valence-electron chi connectivity index (χ3n) is 3.93. The Balaban J connectivity index is 2.25. The van der Waals surface area contributed by atoms with E-state index in [1.54, 1.807) is 0 Å². The molecule has 2 fully saturated rings. The topological polar surface area (TPSA) is 102 Å². The summed E-state index contributed by atoms with van der Waals surface area (Å²) in [4.78, 5) is 49.2. The number of fused-ring (bicyclic) bond motifs is 1. The summed E-state index contributed by atoms with van der Waals surface area (Å²) < 4.78 is 8.22. The summed E-state index contributed by atoms with van der Waals surface area (Å²) in [6.45, 7) is 3.53. The monoisotopic (exact) mass is 458 g/mol. The van der Waals surface area contributed by atoms with Crippen LogP contribution in [0.2, 0.25) is 0 Å². The van der Waals surface area contributed by atoms with Crippen molar-refractivity contribution in [3.05, 3.63) is 11.2 Å². The summed E-state index contributed by atoms with van der Waals surface area (Å²) in [6.07, 6.45) is 1.15. The van der Waals surface area contributed by atoms with Gasteiger partial charge in [-0.3, -0.25) is 19.2 Å².